The molecule has 0 aliphatic rings. The maximum Gasteiger partial charge on any atom is 0.00582 e. The minimum atomic E-state index is 0.790. The zero-order valence-electron chi connectivity index (χ0n) is 8.24. The summed E-state index contributed by atoms with van der Waals surface area (Å²) in [5, 5.41) is 14.4. The first kappa shape index (κ1) is 11.3. The third-order valence-corrected chi connectivity index (χ3v) is 1.85. The molecule has 0 aromatic heterocycles. The van der Waals surface area contributed by atoms with Crippen molar-refractivity contribution in [2.75, 3.05) is 0 Å². The maximum absolute atomic E-state index is 7.21. The van der Waals surface area contributed by atoms with Gasteiger partial charge in [0, 0.05) is 11.4 Å². The molecule has 0 amide bonds. The normalized spacial score (nSPS) is 9.83. The molecule has 0 saturated heterocycles. The first-order chi connectivity index (χ1) is 5.63. The van der Waals surface area contributed by atoms with E-state index in [2.05, 4.69) is 0 Å². The summed E-state index contributed by atoms with van der Waals surface area (Å²) in [7, 11) is 0. The van der Waals surface area contributed by atoms with Crippen LogP contribution >= 0.6 is 0 Å². The molecule has 0 aromatic carbocycles. The average molecular weight is 168 g/mol. The molecule has 0 saturated carbocycles. The van der Waals surface area contributed by atoms with Crippen LogP contribution < -0.4 is 0 Å². The number of rotatable bonds is 7. The minimum Gasteiger partial charge on any atom is -0.310 e. The summed E-state index contributed by atoms with van der Waals surface area (Å²) in [5.74, 6) is 0. The molecule has 2 nitrogen and oxygen atoms in total. The summed E-state index contributed by atoms with van der Waals surface area (Å²) in [6.45, 7) is 3.73. The van der Waals surface area contributed by atoms with Gasteiger partial charge in [-0.1, -0.05) is 12.8 Å². The Morgan fingerprint density at radius 1 is 0.750 bits per heavy atom. The van der Waals surface area contributed by atoms with Crippen LogP contribution in [0, 0.1) is 10.8 Å². The highest BCUT2D eigenvalue weighted by molar-refractivity contribution is 5.78. The third-order valence-electron chi connectivity index (χ3n) is 1.85. The highest BCUT2D eigenvalue weighted by atomic mass is 14.4. The Bertz CT molecular complexity index is 132. The predicted molar refractivity (Wildman–Crippen MR) is 54.5 cm³/mol. The fourth-order valence-corrected chi connectivity index (χ4v) is 1.13. The lowest BCUT2D eigenvalue weighted by Crippen LogP contribution is -1.90. The lowest BCUT2D eigenvalue weighted by Gasteiger charge is -1.99. The van der Waals surface area contributed by atoms with Crippen molar-refractivity contribution in [2.24, 2.45) is 0 Å². The molecule has 0 bridgehead atoms. The molecule has 0 rings (SSSR count). The van der Waals surface area contributed by atoms with Crippen LogP contribution in [-0.4, -0.2) is 11.4 Å². The van der Waals surface area contributed by atoms with E-state index < -0.39 is 0 Å². The summed E-state index contributed by atoms with van der Waals surface area (Å²) in [6.07, 6.45) is 6.61. The third kappa shape index (κ3) is 9.34. The van der Waals surface area contributed by atoms with Gasteiger partial charge in [0.05, 0.1) is 0 Å². The Kier molecular flexibility index (Phi) is 6.63. The van der Waals surface area contributed by atoms with Gasteiger partial charge in [0.15, 0.2) is 0 Å². The van der Waals surface area contributed by atoms with Crippen LogP contribution in [0.25, 0.3) is 0 Å². The van der Waals surface area contributed by atoms with Gasteiger partial charge in [-0.05, 0) is 39.5 Å². The molecule has 0 fully saturated rings. The Hall–Kier alpha value is -0.660. The molecule has 0 heterocycles. The van der Waals surface area contributed by atoms with Gasteiger partial charge in [-0.15, -0.1) is 0 Å². The second kappa shape index (κ2) is 7.01. The molecule has 0 aliphatic heterocycles. The van der Waals surface area contributed by atoms with Crippen molar-refractivity contribution in [1.82, 2.24) is 0 Å². The number of hydrogen-bond acceptors (Lipinski definition) is 2. The Morgan fingerprint density at radius 2 is 1.08 bits per heavy atom. The first-order valence-corrected chi connectivity index (χ1v) is 4.71. The number of hydrogen-bond donors (Lipinski definition) is 2. The molecule has 12 heavy (non-hydrogen) atoms. The second-order valence-corrected chi connectivity index (χ2v) is 3.47. The molecular weight excluding hydrogens is 148 g/mol. The SMILES string of the molecule is CC(=N)CCCCCCC(C)=N. The van der Waals surface area contributed by atoms with Crippen LogP contribution in [0.2, 0.25) is 0 Å². The zero-order valence-corrected chi connectivity index (χ0v) is 8.24. The molecular formula is C10H20N2. The van der Waals surface area contributed by atoms with Crippen molar-refractivity contribution >= 4 is 11.4 Å². The maximum atomic E-state index is 7.21. The quantitative estimate of drug-likeness (QED) is 0.432. The van der Waals surface area contributed by atoms with Crippen molar-refractivity contribution in [1.29, 1.82) is 10.8 Å². The molecule has 70 valence electrons. The van der Waals surface area contributed by atoms with Crippen LogP contribution in [0.3, 0.4) is 0 Å². The molecule has 0 aromatic rings. The topological polar surface area (TPSA) is 47.7 Å². The van der Waals surface area contributed by atoms with Crippen LogP contribution in [0.1, 0.15) is 52.4 Å². The van der Waals surface area contributed by atoms with E-state index >= 15 is 0 Å². The Labute approximate surface area is 75.4 Å². The smallest absolute Gasteiger partial charge is 0.00582 e. The van der Waals surface area contributed by atoms with Crippen molar-refractivity contribution in [3.05, 3.63) is 0 Å². The van der Waals surface area contributed by atoms with E-state index in [1.807, 2.05) is 13.8 Å². The molecule has 0 atom stereocenters. The van der Waals surface area contributed by atoms with Gasteiger partial charge in [0.25, 0.3) is 0 Å². The van der Waals surface area contributed by atoms with E-state index in [4.69, 9.17) is 10.8 Å². The van der Waals surface area contributed by atoms with Gasteiger partial charge in [-0.3, -0.25) is 0 Å². The molecule has 2 heteroatoms. The van der Waals surface area contributed by atoms with Gasteiger partial charge < -0.3 is 10.8 Å². The van der Waals surface area contributed by atoms with E-state index in [-0.39, 0.29) is 0 Å². The summed E-state index contributed by atoms with van der Waals surface area (Å²) in [4.78, 5) is 0. The second-order valence-electron chi connectivity index (χ2n) is 3.47. The van der Waals surface area contributed by atoms with Crippen molar-refractivity contribution in [2.45, 2.75) is 52.4 Å². The van der Waals surface area contributed by atoms with Crippen LogP contribution in [0.4, 0.5) is 0 Å². The molecule has 0 aliphatic carbocycles. The summed E-state index contributed by atoms with van der Waals surface area (Å²) < 4.78 is 0. The van der Waals surface area contributed by atoms with Crippen LogP contribution in [0.5, 0.6) is 0 Å². The largest absolute Gasteiger partial charge is 0.310 e. The summed E-state index contributed by atoms with van der Waals surface area (Å²) in [5.41, 5.74) is 1.58. The van der Waals surface area contributed by atoms with Crippen molar-refractivity contribution in [3.8, 4) is 0 Å². The van der Waals surface area contributed by atoms with Crippen molar-refractivity contribution in [3.63, 3.8) is 0 Å². The van der Waals surface area contributed by atoms with Gasteiger partial charge in [-0.25, -0.2) is 0 Å². The predicted octanol–water partition coefficient (Wildman–Crippen LogP) is 3.41. The number of nitrogens with one attached hydrogen (secondary N) is 2. The van der Waals surface area contributed by atoms with Gasteiger partial charge in [0.2, 0.25) is 0 Å². The fraction of sp³-hybridized carbons (Fsp3) is 0.800. The highest BCUT2D eigenvalue weighted by Crippen LogP contribution is 2.05. The first-order valence-electron chi connectivity index (χ1n) is 4.71. The molecule has 2 N–H and O–H groups in total. The lowest BCUT2D eigenvalue weighted by molar-refractivity contribution is 0.664. The van der Waals surface area contributed by atoms with Crippen LogP contribution in [0.15, 0.2) is 0 Å². The van der Waals surface area contributed by atoms with E-state index in [1.165, 1.54) is 12.8 Å². The van der Waals surface area contributed by atoms with E-state index in [0.717, 1.165) is 37.1 Å². The molecule has 0 radical (unpaired) electrons. The van der Waals surface area contributed by atoms with E-state index in [9.17, 15) is 0 Å². The summed E-state index contributed by atoms with van der Waals surface area (Å²) >= 11 is 0. The zero-order chi connectivity index (χ0) is 9.40. The van der Waals surface area contributed by atoms with Crippen LogP contribution in [-0.2, 0) is 0 Å². The van der Waals surface area contributed by atoms with E-state index in [0.29, 0.717) is 0 Å². The lowest BCUT2D eigenvalue weighted by atomic mass is 10.1. The van der Waals surface area contributed by atoms with Crippen molar-refractivity contribution < 1.29 is 0 Å². The minimum absolute atomic E-state index is 0.790. The monoisotopic (exact) mass is 168 g/mol. The highest BCUT2D eigenvalue weighted by Gasteiger charge is 1.92. The Morgan fingerprint density at radius 3 is 1.33 bits per heavy atom. The average Bonchev–Trinajstić information content (AvgIpc) is 1.95. The standard InChI is InChI=1S/C10H20N2/c1-9(11)7-5-3-4-6-8-10(2)12/h11-12H,3-8H2,1-2H3. The van der Waals surface area contributed by atoms with Gasteiger partial charge in [0.1, 0.15) is 0 Å². The summed E-state index contributed by atoms with van der Waals surface area (Å²) in [6, 6.07) is 0. The molecule has 0 spiro atoms. The Balaban J connectivity index is 3.01. The molecule has 0 unspecified atom stereocenters. The number of unbranched alkanes of at least 4 members (excludes halogenated alkanes) is 3. The van der Waals surface area contributed by atoms with E-state index in [1.54, 1.807) is 0 Å². The van der Waals surface area contributed by atoms with Gasteiger partial charge in [-0.2, -0.15) is 0 Å². The fourth-order valence-electron chi connectivity index (χ4n) is 1.13. The van der Waals surface area contributed by atoms with Gasteiger partial charge >= 0.3 is 0 Å².